The van der Waals surface area contributed by atoms with E-state index in [9.17, 15) is 0 Å². The van der Waals surface area contributed by atoms with E-state index in [1.54, 1.807) is 0 Å². The van der Waals surface area contributed by atoms with Crippen LogP contribution in [0.15, 0.2) is 24.3 Å². The van der Waals surface area contributed by atoms with Crippen LogP contribution in [0.2, 0.25) is 5.02 Å². The molecule has 21 heavy (non-hydrogen) atoms. The predicted octanol–water partition coefficient (Wildman–Crippen LogP) is 2.22. The number of aromatic nitrogens is 3. The molecule has 2 aromatic rings. The van der Waals surface area contributed by atoms with E-state index in [4.69, 9.17) is 17.3 Å². The molecule has 3 N–H and O–H groups in total. The number of nitrogens with zero attached hydrogens (tertiary/aromatic N) is 3. The van der Waals surface area contributed by atoms with E-state index in [-0.39, 0.29) is 0 Å². The molecule has 1 aliphatic rings. The molecule has 112 valence electrons. The van der Waals surface area contributed by atoms with Gasteiger partial charge in [0.2, 0.25) is 5.95 Å². The third-order valence-corrected chi connectivity index (χ3v) is 4.19. The van der Waals surface area contributed by atoms with Crippen LogP contribution in [-0.4, -0.2) is 34.8 Å². The Labute approximate surface area is 129 Å². The zero-order valence-electron chi connectivity index (χ0n) is 11.9. The summed E-state index contributed by atoms with van der Waals surface area (Å²) in [6.07, 6.45) is 3.09. The molecule has 1 aliphatic heterocycles. The summed E-state index contributed by atoms with van der Waals surface area (Å²) in [5, 5.41) is 8.13. The Morgan fingerprint density at radius 3 is 2.90 bits per heavy atom. The van der Waals surface area contributed by atoms with E-state index < -0.39 is 0 Å². The molecule has 0 amide bonds. The van der Waals surface area contributed by atoms with Crippen LogP contribution in [-0.2, 0) is 6.42 Å². The second kappa shape index (κ2) is 6.45. The Balaban J connectivity index is 1.67. The number of nitrogens with one attached hydrogen (secondary N) is 1. The summed E-state index contributed by atoms with van der Waals surface area (Å²) in [7, 11) is 0. The SMILES string of the molecule is NCC1CCCN(c2n[nH]c(Cc3ccc(Cl)cc3)n2)C1. The molecule has 5 nitrogen and oxygen atoms in total. The average Bonchev–Trinajstić information content (AvgIpc) is 2.98. The maximum atomic E-state index is 5.90. The van der Waals surface area contributed by atoms with Crippen molar-refractivity contribution in [1.29, 1.82) is 0 Å². The summed E-state index contributed by atoms with van der Waals surface area (Å²) in [5.41, 5.74) is 6.94. The summed E-state index contributed by atoms with van der Waals surface area (Å²) in [4.78, 5) is 6.83. The maximum absolute atomic E-state index is 5.90. The van der Waals surface area contributed by atoms with Gasteiger partial charge < -0.3 is 10.6 Å². The smallest absolute Gasteiger partial charge is 0.244 e. The molecule has 1 unspecified atom stereocenters. The Kier molecular flexibility index (Phi) is 4.41. The van der Waals surface area contributed by atoms with Crippen LogP contribution in [0, 0.1) is 5.92 Å². The molecule has 0 saturated carbocycles. The normalized spacial score (nSPS) is 19.0. The van der Waals surface area contributed by atoms with Gasteiger partial charge >= 0.3 is 0 Å². The van der Waals surface area contributed by atoms with E-state index in [1.165, 1.54) is 12.0 Å². The molecule has 0 aliphatic carbocycles. The van der Waals surface area contributed by atoms with Crippen molar-refractivity contribution in [3.05, 3.63) is 40.7 Å². The summed E-state index contributed by atoms with van der Waals surface area (Å²) < 4.78 is 0. The zero-order valence-corrected chi connectivity index (χ0v) is 12.7. The van der Waals surface area contributed by atoms with Gasteiger partial charge in [0.1, 0.15) is 5.82 Å². The number of anilines is 1. The number of halogens is 1. The Morgan fingerprint density at radius 1 is 1.33 bits per heavy atom. The summed E-state index contributed by atoms with van der Waals surface area (Å²) >= 11 is 5.90. The molecular formula is C15H20ClN5. The Morgan fingerprint density at radius 2 is 2.14 bits per heavy atom. The molecule has 6 heteroatoms. The highest BCUT2D eigenvalue weighted by atomic mass is 35.5. The predicted molar refractivity (Wildman–Crippen MR) is 84.6 cm³/mol. The lowest BCUT2D eigenvalue weighted by Gasteiger charge is -2.31. The second-order valence-electron chi connectivity index (χ2n) is 5.58. The number of rotatable bonds is 4. The molecule has 1 fully saturated rings. The van der Waals surface area contributed by atoms with Gasteiger partial charge in [0, 0.05) is 24.5 Å². The standard InChI is InChI=1S/C15H20ClN5/c16-13-5-3-11(4-6-13)8-14-18-15(20-19-14)21-7-1-2-12(9-17)10-21/h3-6,12H,1-2,7-10,17H2,(H,18,19,20). The highest BCUT2D eigenvalue weighted by molar-refractivity contribution is 6.30. The lowest BCUT2D eigenvalue weighted by molar-refractivity contribution is 0.420. The molecular weight excluding hydrogens is 286 g/mol. The van der Waals surface area contributed by atoms with Crippen molar-refractivity contribution in [1.82, 2.24) is 15.2 Å². The first-order chi connectivity index (χ1) is 10.2. The number of nitrogens with two attached hydrogens (primary N) is 1. The van der Waals surface area contributed by atoms with Gasteiger partial charge in [-0.3, -0.25) is 5.10 Å². The number of piperidine rings is 1. The van der Waals surface area contributed by atoms with Crippen molar-refractivity contribution in [2.75, 3.05) is 24.5 Å². The first-order valence-electron chi connectivity index (χ1n) is 7.35. The fourth-order valence-electron chi connectivity index (χ4n) is 2.74. The van der Waals surface area contributed by atoms with Gasteiger partial charge in [0.15, 0.2) is 0 Å². The largest absolute Gasteiger partial charge is 0.339 e. The molecule has 1 aromatic carbocycles. The topological polar surface area (TPSA) is 70.8 Å². The molecule has 3 rings (SSSR count). The Bertz CT molecular complexity index is 580. The third kappa shape index (κ3) is 3.54. The van der Waals surface area contributed by atoms with Crippen LogP contribution in [0.5, 0.6) is 0 Å². The van der Waals surface area contributed by atoms with Crippen molar-refractivity contribution >= 4 is 17.5 Å². The monoisotopic (exact) mass is 305 g/mol. The van der Waals surface area contributed by atoms with Gasteiger partial charge in [-0.05, 0) is 43.0 Å². The van der Waals surface area contributed by atoms with Crippen LogP contribution >= 0.6 is 11.6 Å². The van der Waals surface area contributed by atoms with Gasteiger partial charge in [0.25, 0.3) is 0 Å². The first kappa shape index (κ1) is 14.4. The van der Waals surface area contributed by atoms with Crippen molar-refractivity contribution < 1.29 is 0 Å². The summed E-state index contributed by atoms with van der Waals surface area (Å²) in [6, 6.07) is 7.81. The van der Waals surface area contributed by atoms with Crippen molar-refractivity contribution in [2.24, 2.45) is 11.7 Å². The fraction of sp³-hybridized carbons (Fsp3) is 0.467. The average molecular weight is 306 g/mol. The molecule has 2 heterocycles. The summed E-state index contributed by atoms with van der Waals surface area (Å²) in [5.74, 6) is 2.22. The second-order valence-corrected chi connectivity index (χ2v) is 6.01. The molecule has 1 saturated heterocycles. The molecule has 0 spiro atoms. The van der Waals surface area contributed by atoms with E-state index in [1.807, 2.05) is 24.3 Å². The number of hydrogen-bond donors (Lipinski definition) is 2. The quantitative estimate of drug-likeness (QED) is 0.908. The van der Waals surface area contributed by atoms with Crippen LogP contribution in [0.3, 0.4) is 0 Å². The van der Waals surface area contributed by atoms with Crippen molar-refractivity contribution in [2.45, 2.75) is 19.3 Å². The first-order valence-corrected chi connectivity index (χ1v) is 7.73. The maximum Gasteiger partial charge on any atom is 0.244 e. The van der Waals surface area contributed by atoms with Gasteiger partial charge in [-0.1, -0.05) is 23.7 Å². The number of H-pyrrole nitrogens is 1. The van der Waals surface area contributed by atoms with Crippen molar-refractivity contribution in [3.8, 4) is 0 Å². The lowest BCUT2D eigenvalue weighted by atomic mass is 9.99. The summed E-state index contributed by atoms with van der Waals surface area (Å²) in [6.45, 7) is 2.70. The van der Waals surface area contributed by atoms with Crippen molar-refractivity contribution in [3.63, 3.8) is 0 Å². The van der Waals surface area contributed by atoms with Gasteiger partial charge in [-0.15, -0.1) is 5.10 Å². The van der Waals surface area contributed by atoms with Crippen LogP contribution < -0.4 is 10.6 Å². The van der Waals surface area contributed by atoms with Crippen LogP contribution in [0.4, 0.5) is 5.95 Å². The minimum atomic E-state index is 0.553. The molecule has 1 atom stereocenters. The van der Waals surface area contributed by atoms with E-state index >= 15 is 0 Å². The van der Waals surface area contributed by atoms with Gasteiger partial charge in [0.05, 0.1) is 0 Å². The highest BCUT2D eigenvalue weighted by Crippen LogP contribution is 2.20. The van der Waals surface area contributed by atoms with E-state index in [2.05, 4.69) is 20.1 Å². The van der Waals surface area contributed by atoms with Crippen LogP contribution in [0.25, 0.3) is 0 Å². The minimum absolute atomic E-state index is 0.553. The number of aromatic amines is 1. The highest BCUT2D eigenvalue weighted by Gasteiger charge is 2.21. The Hall–Kier alpha value is -1.59. The van der Waals surface area contributed by atoms with Crippen LogP contribution in [0.1, 0.15) is 24.2 Å². The molecule has 1 aromatic heterocycles. The number of benzene rings is 1. The number of hydrogen-bond acceptors (Lipinski definition) is 4. The van der Waals surface area contributed by atoms with Gasteiger partial charge in [-0.25, -0.2) is 0 Å². The fourth-order valence-corrected chi connectivity index (χ4v) is 2.87. The lowest BCUT2D eigenvalue weighted by Crippen LogP contribution is -2.39. The molecule has 0 bridgehead atoms. The third-order valence-electron chi connectivity index (χ3n) is 3.94. The van der Waals surface area contributed by atoms with E-state index in [0.717, 1.165) is 49.3 Å². The minimum Gasteiger partial charge on any atom is -0.339 e. The van der Waals surface area contributed by atoms with E-state index in [0.29, 0.717) is 5.92 Å². The van der Waals surface area contributed by atoms with Gasteiger partial charge in [-0.2, -0.15) is 4.98 Å². The molecule has 0 radical (unpaired) electrons. The zero-order chi connectivity index (χ0) is 14.7.